The Morgan fingerprint density at radius 3 is 2.74 bits per heavy atom. The minimum atomic E-state index is -0.0203. The summed E-state index contributed by atoms with van der Waals surface area (Å²) < 4.78 is 1.78. The molecule has 6 nitrogen and oxygen atoms in total. The van der Waals surface area contributed by atoms with Gasteiger partial charge in [-0.2, -0.15) is 5.10 Å². The standard InChI is InChI=1S/C18H24ClN5O.2ClH/c1-12-18(13(2)23(3)22-12)21-17(25)11-24-8-7-20-10-16(24)14-5-4-6-15(19)9-14;;/h4-6,9,16,20H,7-8,10-11H2,1-3H3,(H,21,25);2*1H. The van der Waals surface area contributed by atoms with Crippen molar-refractivity contribution in [2.75, 3.05) is 31.5 Å². The van der Waals surface area contributed by atoms with E-state index in [1.54, 1.807) is 4.68 Å². The molecule has 0 spiro atoms. The van der Waals surface area contributed by atoms with Crippen LogP contribution >= 0.6 is 36.4 Å². The van der Waals surface area contributed by atoms with E-state index in [1.165, 1.54) is 0 Å². The summed E-state index contributed by atoms with van der Waals surface area (Å²) in [6.45, 7) is 6.69. The number of carbonyl (C=O) groups is 1. The van der Waals surface area contributed by atoms with Crippen LogP contribution in [-0.4, -0.2) is 46.8 Å². The maximum atomic E-state index is 12.6. The summed E-state index contributed by atoms with van der Waals surface area (Å²) in [4.78, 5) is 14.8. The Labute approximate surface area is 177 Å². The van der Waals surface area contributed by atoms with E-state index in [2.05, 4.69) is 26.7 Å². The fraction of sp³-hybridized carbons (Fsp3) is 0.444. The van der Waals surface area contributed by atoms with Gasteiger partial charge >= 0.3 is 0 Å². The number of benzene rings is 1. The Morgan fingerprint density at radius 1 is 1.37 bits per heavy atom. The molecule has 3 rings (SSSR count). The van der Waals surface area contributed by atoms with Gasteiger partial charge in [0.15, 0.2) is 0 Å². The van der Waals surface area contributed by atoms with Gasteiger partial charge < -0.3 is 10.6 Å². The largest absolute Gasteiger partial charge is 0.322 e. The van der Waals surface area contributed by atoms with Crippen LogP contribution in [0.3, 0.4) is 0 Å². The van der Waals surface area contributed by atoms with Crippen molar-refractivity contribution in [2.24, 2.45) is 7.05 Å². The van der Waals surface area contributed by atoms with E-state index < -0.39 is 0 Å². The Bertz CT molecular complexity index is 780. The van der Waals surface area contributed by atoms with Gasteiger partial charge in [-0.1, -0.05) is 23.7 Å². The number of hydrogen-bond acceptors (Lipinski definition) is 4. The van der Waals surface area contributed by atoms with Gasteiger partial charge in [-0.3, -0.25) is 14.4 Å². The zero-order valence-corrected chi connectivity index (χ0v) is 18.0. The molecule has 0 saturated carbocycles. The minimum Gasteiger partial charge on any atom is -0.322 e. The van der Waals surface area contributed by atoms with E-state index in [0.29, 0.717) is 11.6 Å². The average molecular weight is 435 g/mol. The summed E-state index contributed by atoms with van der Waals surface area (Å²) in [5.74, 6) is -0.0203. The van der Waals surface area contributed by atoms with Crippen LogP contribution in [0.15, 0.2) is 24.3 Å². The molecule has 0 aliphatic carbocycles. The first kappa shape index (κ1) is 23.7. The van der Waals surface area contributed by atoms with Gasteiger partial charge in [0.1, 0.15) is 0 Å². The van der Waals surface area contributed by atoms with Crippen LogP contribution in [0.25, 0.3) is 0 Å². The first-order valence-electron chi connectivity index (χ1n) is 8.46. The highest BCUT2D eigenvalue weighted by Crippen LogP contribution is 2.25. The van der Waals surface area contributed by atoms with Gasteiger partial charge in [0.2, 0.25) is 5.91 Å². The smallest absolute Gasteiger partial charge is 0.238 e. The van der Waals surface area contributed by atoms with Gasteiger partial charge in [0, 0.05) is 37.7 Å². The molecular weight excluding hydrogens is 409 g/mol. The van der Waals surface area contributed by atoms with E-state index in [1.807, 2.05) is 39.1 Å². The molecule has 1 saturated heterocycles. The molecule has 1 aliphatic rings. The number of carbonyl (C=O) groups excluding carboxylic acids is 1. The second kappa shape index (κ2) is 10.3. The van der Waals surface area contributed by atoms with Crippen molar-refractivity contribution in [3.8, 4) is 0 Å². The van der Waals surface area contributed by atoms with Gasteiger partial charge in [0.05, 0.1) is 23.6 Å². The average Bonchev–Trinajstić information content (AvgIpc) is 2.81. The molecule has 9 heteroatoms. The number of anilines is 1. The molecular formula is C18H26Cl3N5O. The molecule has 2 aromatic rings. The lowest BCUT2D eigenvalue weighted by Gasteiger charge is -2.36. The molecule has 1 unspecified atom stereocenters. The minimum absolute atomic E-state index is 0. The molecule has 27 heavy (non-hydrogen) atoms. The van der Waals surface area contributed by atoms with E-state index >= 15 is 0 Å². The molecule has 1 fully saturated rings. The number of hydrogen-bond donors (Lipinski definition) is 2. The van der Waals surface area contributed by atoms with Crippen LogP contribution in [0.2, 0.25) is 5.02 Å². The lowest BCUT2D eigenvalue weighted by atomic mass is 10.0. The summed E-state index contributed by atoms with van der Waals surface area (Å²) in [5.41, 5.74) is 3.72. The number of halogens is 3. The highest BCUT2D eigenvalue weighted by Gasteiger charge is 2.26. The third-order valence-corrected chi connectivity index (χ3v) is 4.94. The van der Waals surface area contributed by atoms with E-state index in [0.717, 1.165) is 42.3 Å². The number of aromatic nitrogens is 2. The van der Waals surface area contributed by atoms with Gasteiger partial charge in [0.25, 0.3) is 0 Å². The Morgan fingerprint density at radius 2 is 2.11 bits per heavy atom. The van der Waals surface area contributed by atoms with Gasteiger partial charge in [-0.25, -0.2) is 0 Å². The van der Waals surface area contributed by atoms with Crippen molar-refractivity contribution in [1.29, 1.82) is 0 Å². The summed E-state index contributed by atoms with van der Waals surface area (Å²) >= 11 is 6.13. The molecule has 1 amide bonds. The lowest BCUT2D eigenvalue weighted by molar-refractivity contribution is -0.118. The third kappa shape index (κ3) is 5.59. The molecule has 0 radical (unpaired) electrons. The quantitative estimate of drug-likeness (QED) is 0.776. The van der Waals surface area contributed by atoms with Crippen LogP contribution in [0.1, 0.15) is 23.0 Å². The Balaban J connectivity index is 0.00000182. The summed E-state index contributed by atoms with van der Waals surface area (Å²) in [6.07, 6.45) is 0. The Hall–Kier alpha value is -1.31. The number of rotatable bonds is 4. The van der Waals surface area contributed by atoms with E-state index in [4.69, 9.17) is 11.6 Å². The van der Waals surface area contributed by atoms with Crippen molar-refractivity contribution >= 4 is 48.0 Å². The number of aryl methyl sites for hydroxylation is 2. The highest BCUT2D eigenvalue weighted by molar-refractivity contribution is 6.30. The molecule has 0 bridgehead atoms. The van der Waals surface area contributed by atoms with Gasteiger partial charge in [-0.05, 0) is 31.5 Å². The molecule has 2 N–H and O–H groups in total. The first-order chi connectivity index (χ1) is 12.0. The number of nitrogens with zero attached hydrogens (tertiary/aromatic N) is 3. The second-order valence-corrected chi connectivity index (χ2v) is 6.90. The van der Waals surface area contributed by atoms with Crippen molar-refractivity contribution in [1.82, 2.24) is 20.0 Å². The van der Waals surface area contributed by atoms with E-state index in [-0.39, 0.29) is 36.8 Å². The molecule has 1 aromatic heterocycles. The zero-order chi connectivity index (χ0) is 18.0. The van der Waals surface area contributed by atoms with Crippen molar-refractivity contribution < 1.29 is 4.79 Å². The second-order valence-electron chi connectivity index (χ2n) is 6.46. The zero-order valence-electron chi connectivity index (χ0n) is 15.7. The summed E-state index contributed by atoms with van der Waals surface area (Å²) in [6, 6.07) is 7.98. The van der Waals surface area contributed by atoms with Crippen molar-refractivity contribution in [3.05, 3.63) is 46.2 Å². The van der Waals surface area contributed by atoms with Crippen LogP contribution in [-0.2, 0) is 11.8 Å². The highest BCUT2D eigenvalue weighted by atomic mass is 35.5. The van der Waals surface area contributed by atoms with Crippen molar-refractivity contribution in [2.45, 2.75) is 19.9 Å². The topological polar surface area (TPSA) is 62.2 Å². The van der Waals surface area contributed by atoms with Gasteiger partial charge in [-0.15, -0.1) is 24.8 Å². The normalized spacial score (nSPS) is 17.0. The summed E-state index contributed by atoms with van der Waals surface area (Å²) in [5, 5.41) is 11.5. The number of nitrogens with one attached hydrogen (secondary N) is 2. The first-order valence-corrected chi connectivity index (χ1v) is 8.84. The number of piperazine rings is 1. The van der Waals surface area contributed by atoms with Crippen LogP contribution < -0.4 is 10.6 Å². The van der Waals surface area contributed by atoms with Crippen LogP contribution in [0.4, 0.5) is 5.69 Å². The number of amides is 1. The molecule has 1 atom stereocenters. The van der Waals surface area contributed by atoms with E-state index in [9.17, 15) is 4.79 Å². The fourth-order valence-electron chi connectivity index (χ4n) is 3.30. The molecule has 2 heterocycles. The molecule has 1 aliphatic heterocycles. The SMILES string of the molecule is Cc1nn(C)c(C)c1NC(=O)CN1CCNCC1c1cccc(Cl)c1.Cl.Cl. The Kier molecular flexibility index (Phi) is 9.05. The predicted molar refractivity (Wildman–Crippen MR) is 114 cm³/mol. The third-order valence-electron chi connectivity index (χ3n) is 4.71. The maximum Gasteiger partial charge on any atom is 0.238 e. The molecule has 150 valence electrons. The summed E-state index contributed by atoms with van der Waals surface area (Å²) in [7, 11) is 1.88. The monoisotopic (exact) mass is 433 g/mol. The predicted octanol–water partition coefficient (Wildman–Crippen LogP) is 3.12. The fourth-order valence-corrected chi connectivity index (χ4v) is 3.49. The van der Waals surface area contributed by atoms with Crippen molar-refractivity contribution in [3.63, 3.8) is 0 Å². The van der Waals surface area contributed by atoms with Crippen LogP contribution in [0, 0.1) is 13.8 Å². The lowest BCUT2D eigenvalue weighted by Crippen LogP contribution is -2.48. The van der Waals surface area contributed by atoms with Crippen LogP contribution in [0.5, 0.6) is 0 Å². The molecule has 1 aromatic carbocycles. The maximum absolute atomic E-state index is 12.6.